The average Bonchev–Trinajstić information content (AvgIpc) is 2.87. The highest BCUT2D eigenvalue weighted by Gasteiger charge is 2.24. The molecule has 0 atom stereocenters. The minimum atomic E-state index is -0.455. The lowest BCUT2D eigenvalue weighted by atomic mass is 10.2. The monoisotopic (exact) mass is 275 g/mol. The van der Waals surface area contributed by atoms with Gasteiger partial charge in [0.25, 0.3) is 5.91 Å². The summed E-state index contributed by atoms with van der Waals surface area (Å²) in [6.07, 6.45) is 0. The standard InChI is InChI=1S/C15H17NO4/c1-10(2)16(9-14(17)19-3)15(18)13-8-11-6-4-5-7-12(11)20-13/h4-8,10H,9H2,1-3H3. The number of ether oxygens (including phenoxy) is 1. The molecule has 0 aliphatic heterocycles. The molecule has 20 heavy (non-hydrogen) atoms. The molecule has 0 saturated carbocycles. The van der Waals surface area contributed by atoms with Crippen LogP contribution in [0.2, 0.25) is 0 Å². The first-order valence-electron chi connectivity index (χ1n) is 6.39. The Morgan fingerprint density at radius 3 is 2.60 bits per heavy atom. The Bertz CT molecular complexity index is 597. The van der Waals surface area contributed by atoms with Gasteiger partial charge < -0.3 is 14.1 Å². The molecule has 0 aliphatic carbocycles. The number of amides is 1. The number of fused-ring (bicyclic) bond motifs is 1. The smallest absolute Gasteiger partial charge is 0.325 e. The highest BCUT2D eigenvalue weighted by atomic mass is 16.5. The van der Waals surface area contributed by atoms with Crippen molar-refractivity contribution in [3.05, 3.63) is 36.1 Å². The van der Waals surface area contributed by atoms with Crippen LogP contribution >= 0.6 is 0 Å². The normalized spacial score (nSPS) is 10.8. The first-order chi connectivity index (χ1) is 9.52. The molecule has 0 saturated heterocycles. The zero-order valence-electron chi connectivity index (χ0n) is 11.8. The third kappa shape index (κ3) is 2.82. The average molecular weight is 275 g/mol. The number of carbonyl (C=O) groups is 2. The molecule has 106 valence electrons. The number of benzene rings is 1. The number of carbonyl (C=O) groups excluding carboxylic acids is 2. The summed E-state index contributed by atoms with van der Waals surface area (Å²) in [5.41, 5.74) is 0.651. The maximum atomic E-state index is 12.4. The molecule has 0 fully saturated rings. The number of methoxy groups -OCH3 is 1. The lowest BCUT2D eigenvalue weighted by Crippen LogP contribution is -2.40. The minimum absolute atomic E-state index is 0.0932. The summed E-state index contributed by atoms with van der Waals surface area (Å²) in [5, 5.41) is 0.859. The third-order valence-corrected chi connectivity index (χ3v) is 3.05. The predicted molar refractivity (Wildman–Crippen MR) is 74.4 cm³/mol. The molecule has 1 aromatic heterocycles. The van der Waals surface area contributed by atoms with E-state index in [1.807, 2.05) is 32.0 Å². The maximum Gasteiger partial charge on any atom is 0.325 e. The Morgan fingerprint density at radius 1 is 1.30 bits per heavy atom. The van der Waals surface area contributed by atoms with Crippen molar-refractivity contribution in [1.82, 2.24) is 4.90 Å². The molecule has 0 aliphatic rings. The molecular weight excluding hydrogens is 258 g/mol. The quantitative estimate of drug-likeness (QED) is 0.804. The molecule has 2 aromatic rings. The van der Waals surface area contributed by atoms with Crippen LogP contribution in [0.15, 0.2) is 34.7 Å². The summed E-state index contributed by atoms with van der Waals surface area (Å²) in [6.45, 7) is 3.58. The summed E-state index contributed by atoms with van der Waals surface area (Å²) in [6, 6.07) is 8.94. The van der Waals surface area contributed by atoms with Crippen LogP contribution in [-0.4, -0.2) is 36.5 Å². The second-order valence-electron chi connectivity index (χ2n) is 4.75. The van der Waals surface area contributed by atoms with Crippen LogP contribution in [-0.2, 0) is 9.53 Å². The van der Waals surface area contributed by atoms with E-state index in [2.05, 4.69) is 4.74 Å². The van der Waals surface area contributed by atoms with Crippen LogP contribution in [0.1, 0.15) is 24.4 Å². The van der Waals surface area contributed by atoms with Crippen LogP contribution in [0, 0.1) is 0 Å². The van der Waals surface area contributed by atoms with E-state index < -0.39 is 5.97 Å². The highest BCUT2D eigenvalue weighted by Crippen LogP contribution is 2.20. The Hall–Kier alpha value is -2.30. The topological polar surface area (TPSA) is 59.8 Å². The summed E-state index contributed by atoms with van der Waals surface area (Å²) in [4.78, 5) is 25.2. The van der Waals surface area contributed by atoms with Crippen molar-refractivity contribution in [2.75, 3.05) is 13.7 Å². The molecule has 0 spiro atoms. The molecule has 2 rings (SSSR count). The van der Waals surface area contributed by atoms with E-state index in [9.17, 15) is 9.59 Å². The predicted octanol–water partition coefficient (Wildman–Crippen LogP) is 2.46. The summed E-state index contributed by atoms with van der Waals surface area (Å²) in [5.74, 6) is -0.548. The van der Waals surface area contributed by atoms with Crippen molar-refractivity contribution in [1.29, 1.82) is 0 Å². The van der Waals surface area contributed by atoms with Crippen LogP contribution < -0.4 is 0 Å². The van der Waals surface area contributed by atoms with Gasteiger partial charge >= 0.3 is 5.97 Å². The number of rotatable bonds is 4. The van der Waals surface area contributed by atoms with Gasteiger partial charge in [0.1, 0.15) is 12.1 Å². The largest absolute Gasteiger partial charge is 0.468 e. The van der Waals surface area contributed by atoms with Crippen molar-refractivity contribution in [2.24, 2.45) is 0 Å². The molecule has 0 bridgehead atoms. The van der Waals surface area contributed by atoms with E-state index in [0.717, 1.165) is 5.39 Å². The first-order valence-corrected chi connectivity index (χ1v) is 6.39. The lowest BCUT2D eigenvalue weighted by molar-refractivity contribution is -0.141. The summed E-state index contributed by atoms with van der Waals surface area (Å²) in [7, 11) is 1.30. The Balaban J connectivity index is 2.28. The van der Waals surface area contributed by atoms with Crippen molar-refractivity contribution >= 4 is 22.8 Å². The van der Waals surface area contributed by atoms with Gasteiger partial charge in [-0.1, -0.05) is 18.2 Å². The van der Waals surface area contributed by atoms with Gasteiger partial charge in [0.05, 0.1) is 7.11 Å². The zero-order valence-corrected chi connectivity index (χ0v) is 11.8. The third-order valence-electron chi connectivity index (χ3n) is 3.05. The summed E-state index contributed by atoms with van der Waals surface area (Å²) < 4.78 is 10.1. The fourth-order valence-corrected chi connectivity index (χ4v) is 1.92. The molecule has 5 heteroatoms. The van der Waals surface area contributed by atoms with E-state index >= 15 is 0 Å². The van der Waals surface area contributed by atoms with Crippen molar-refractivity contribution in [2.45, 2.75) is 19.9 Å². The highest BCUT2D eigenvalue weighted by molar-refractivity contribution is 5.97. The van der Waals surface area contributed by atoms with Gasteiger partial charge in [-0.3, -0.25) is 9.59 Å². The van der Waals surface area contributed by atoms with Gasteiger partial charge in [-0.25, -0.2) is 0 Å². The van der Waals surface area contributed by atoms with Crippen LogP contribution in [0.5, 0.6) is 0 Å². The Kier molecular flexibility index (Phi) is 4.08. The Morgan fingerprint density at radius 2 is 2.00 bits per heavy atom. The number of hydrogen-bond donors (Lipinski definition) is 0. The van der Waals surface area contributed by atoms with Gasteiger partial charge in [-0.2, -0.15) is 0 Å². The van der Waals surface area contributed by atoms with Gasteiger partial charge in [0.2, 0.25) is 0 Å². The van der Waals surface area contributed by atoms with Crippen LogP contribution in [0.25, 0.3) is 11.0 Å². The van der Waals surface area contributed by atoms with Crippen molar-refractivity contribution in [3.63, 3.8) is 0 Å². The zero-order chi connectivity index (χ0) is 14.7. The molecular formula is C15H17NO4. The second kappa shape index (κ2) is 5.77. The molecule has 0 radical (unpaired) electrons. The molecule has 0 unspecified atom stereocenters. The number of para-hydroxylation sites is 1. The van der Waals surface area contributed by atoms with E-state index in [1.165, 1.54) is 12.0 Å². The molecule has 1 amide bonds. The van der Waals surface area contributed by atoms with Crippen molar-refractivity contribution in [3.8, 4) is 0 Å². The Labute approximate surface area is 117 Å². The summed E-state index contributed by atoms with van der Waals surface area (Å²) >= 11 is 0. The fraction of sp³-hybridized carbons (Fsp3) is 0.333. The minimum Gasteiger partial charge on any atom is -0.468 e. The number of hydrogen-bond acceptors (Lipinski definition) is 4. The van der Waals surface area contributed by atoms with E-state index in [-0.39, 0.29) is 24.3 Å². The molecule has 0 N–H and O–H groups in total. The molecule has 1 aromatic carbocycles. The van der Waals surface area contributed by atoms with Gasteiger partial charge in [-0.05, 0) is 26.0 Å². The molecule has 1 heterocycles. The van der Waals surface area contributed by atoms with E-state index in [0.29, 0.717) is 5.58 Å². The maximum absolute atomic E-state index is 12.4. The van der Waals surface area contributed by atoms with E-state index in [1.54, 1.807) is 12.1 Å². The first kappa shape index (κ1) is 14.1. The fourth-order valence-electron chi connectivity index (χ4n) is 1.92. The number of esters is 1. The van der Waals surface area contributed by atoms with E-state index in [4.69, 9.17) is 4.42 Å². The number of nitrogens with zero attached hydrogens (tertiary/aromatic N) is 1. The van der Waals surface area contributed by atoms with Gasteiger partial charge in [-0.15, -0.1) is 0 Å². The number of furan rings is 1. The lowest BCUT2D eigenvalue weighted by Gasteiger charge is -2.24. The van der Waals surface area contributed by atoms with Gasteiger partial charge in [0.15, 0.2) is 5.76 Å². The van der Waals surface area contributed by atoms with Crippen LogP contribution in [0.3, 0.4) is 0 Å². The second-order valence-corrected chi connectivity index (χ2v) is 4.75. The molecule has 5 nitrogen and oxygen atoms in total. The van der Waals surface area contributed by atoms with Crippen LogP contribution in [0.4, 0.5) is 0 Å². The van der Waals surface area contributed by atoms with Crippen molar-refractivity contribution < 1.29 is 18.7 Å². The SMILES string of the molecule is COC(=O)CN(C(=O)c1cc2ccccc2o1)C(C)C. The van der Waals surface area contributed by atoms with Gasteiger partial charge in [0, 0.05) is 11.4 Å².